The molecule has 0 amide bonds. The molecule has 5 nitrogen and oxygen atoms in total. The number of anilines is 1. The van der Waals surface area contributed by atoms with Crippen LogP contribution >= 0.6 is 0 Å². The SMILES string of the molecule is Cc1ccc(-c2c(C(=O)O)nn(C)c2N)c(C)c1. The minimum absolute atomic E-state index is 0.0121. The van der Waals surface area contributed by atoms with Crippen molar-refractivity contribution in [3.05, 3.63) is 35.0 Å². The van der Waals surface area contributed by atoms with Crippen LogP contribution in [0.1, 0.15) is 21.6 Å². The Morgan fingerprint density at radius 1 is 1.39 bits per heavy atom. The van der Waals surface area contributed by atoms with E-state index >= 15 is 0 Å². The maximum atomic E-state index is 11.2. The lowest BCUT2D eigenvalue weighted by atomic mass is 9.98. The summed E-state index contributed by atoms with van der Waals surface area (Å²) in [6, 6.07) is 5.80. The Morgan fingerprint density at radius 2 is 2.06 bits per heavy atom. The predicted octanol–water partition coefficient (Wildman–Crippen LogP) is 1.98. The van der Waals surface area contributed by atoms with E-state index in [0.717, 1.165) is 16.7 Å². The summed E-state index contributed by atoms with van der Waals surface area (Å²) in [6.45, 7) is 3.92. The molecular formula is C13H15N3O2. The molecule has 0 unspecified atom stereocenters. The van der Waals surface area contributed by atoms with Gasteiger partial charge in [-0.1, -0.05) is 23.8 Å². The molecule has 0 spiro atoms. The molecule has 0 aliphatic carbocycles. The first-order chi connectivity index (χ1) is 8.41. The molecule has 2 rings (SSSR count). The molecule has 0 bridgehead atoms. The molecule has 5 heteroatoms. The zero-order valence-corrected chi connectivity index (χ0v) is 10.6. The summed E-state index contributed by atoms with van der Waals surface area (Å²) in [6.07, 6.45) is 0. The first-order valence-corrected chi connectivity index (χ1v) is 5.55. The summed E-state index contributed by atoms with van der Waals surface area (Å²) < 4.78 is 1.39. The Hall–Kier alpha value is -2.30. The number of hydrogen-bond donors (Lipinski definition) is 2. The number of hydrogen-bond acceptors (Lipinski definition) is 3. The van der Waals surface area contributed by atoms with E-state index < -0.39 is 5.97 Å². The fraction of sp³-hybridized carbons (Fsp3) is 0.231. The number of carboxylic acid groups (broad SMARTS) is 1. The number of carboxylic acids is 1. The molecule has 1 aromatic heterocycles. The number of nitrogens with zero attached hydrogens (tertiary/aromatic N) is 2. The quantitative estimate of drug-likeness (QED) is 0.847. The van der Waals surface area contributed by atoms with Gasteiger partial charge >= 0.3 is 5.97 Å². The lowest BCUT2D eigenvalue weighted by molar-refractivity contribution is 0.0690. The van der Waals surface area contributed by atoms with Crippen LogP contribution in [0.4, 0.5) is 5.82 Å². The van der Waals surface area contributed by atoms with Crippen molar-refractivity contribution in [2.24, 2.45) is 7.05 Å². The molecule has 94 valence electrons. The van der Waals surface area contributed by atoms with Gasteiger partial charge in [-0.3, -0.25) is 4.68 Å². The number of aryl methyl sites for hydroxylation is 3. The van der Waals surface area contributed by atoms with Crippen molar-refractivity contribution in [2.45, 2.75) is 13.8 Å². The van der Waals surface area contributed by atoms with Crippen LogP contribution in [0, 0.1) is 13.8 Å². The van der Waals surface area contributed by atoms with Crippen LogP contribution in [-0.2, 0) is 7.05 Å². The molecular weight excluding hydrogens is 230 g/mol. The van der Waals surface area contributed by atoms with E-state index in [-0.39, 0.29) is 5.69 Å². The molecule has 0 aliphatic rings. The average Bonchev–Trinajstić information content (AvgIpc) is 2.57. The Morgan fingerprint density at radius 3 is 2.61 bits per heavy atom. The molecule has 1 aromatic carbocycles. The minimum Gasteiger partial charge on any atom is -0.476 e. The third kappa shape index (κ3) is 1.84. The Labute approximate surface area is 105 Å². The summed E-state index contributed by atoms with van der Waals surface area (Å²) in [5.41, 5.74) is 9.31. The molecule has 2 aromatic rings. The molecule has 0 saturated heterocycles. The summed E-state index contributed by atoms with van der Waals surface area (Å²) in [4.78, 5) is 11.2. The van der Waals surface area contributed by atoms with Gasteiger partial charge in [-0.25, -0.2) is 4.79 Å². The van der Waals surface area contributed by atoms with E-state index in [1.807, 2.05) is 32.0 Å². The maximum Gasteiger partial charge on any atom is 0.357 e. The first kappa shape index (κ1) is 12.2. The standard InChI is InChI=1S/C13H15N3O2/c1-7-4-5-9(8(2)6-7)10-11(13(17)18)15-16(3)12(10)14/h4-6H,14H2,1-3H3,(H,17,18). The van der Waals surface area contributed by atoms with E-state index in [2.05, 4.69) is 5.10 Å². The van der Waals surface area contributed by atoms with E-state index in [9.17, 15) is 9.90 Å². The molecule has 1 heterocycles. The van der Waals surface area contributed by atoms with Crippen molar-refractivity contribution in [2.75, 3.05) is 5.73 Å². The number of aromatic carboxylic acids is 1. The third-order valence-electron chi connectivity index (χ3n) is 2.95. The summed E-state index contributed by atoms with van der Waals surface area (Å²) in [5.74, 6) is -0.711. The molecule has 18 heavy (non-hydrogen) atoms. The number of carbonyl (C=O) groups is 1. The van der Waals surface area contributed by atoms with Crippen LogP contribution in [0.25, 0.3) is 11.1 Å². The van der Waals surface area contributed by atoms with Crippen LogP contribution in [-0.4, -0.2) is 20.9 Å². The second-order valence-corrected chi connectivity index (χ2v) is 4.36. The van der Waals surface area contributed by atoms with Crippen LogP contribution < -0.4 is 5.73 Å². The monoisotopic (exact) mass is 245 g/mol. The lowest BCUT2D eigenvalue weighted by Crippen LogP contribution is -2.01. The largest absolute Gasteiger partial charge is 0.476 e. The highest BCUT2D eigenvalue weighted by Gasteiger charge is 2.22. The van der Waals surface area contributed by atoms with Crippen LogP contribution in [0.15, 0.2) is 18.2 Å². The summed E-state index contributed by atoms with van der Waals surface area (Å²) >= 11 is 0. The second-order valence-electron chi connectivity index (χ2n) is 4.36. The summed E-state index contributed by atoms with van der Waals surface area (Å²) in [7, 11) is 1.63. The Kier molecular flexibility index (Phi) is 2.82. The van der Waals surface area contributed by atoms with Crippen molar-refractivity contribution < 1.29 is 9.90 Å². The van der Waals surface area contributed by atoms with Crippen molar-refractivity contribution in [1.82, 2.24) is 9.78 Å². The summed E-state index contributed by atoms with van der Waals surface area (Å²) in [5, 5.41) is 13.1. The highest BCUT2D eigenvalue weighted by atomic mass is 16.4. The van der Waals surface area contributed by atoms with Gasteiger partial charge in [-0.05, 0) is 25.0 Å². The molecule has 0 fully saturated rings. The van der Waals surface area contributed by atoms with Crippen LogP contribution in [0.5, 0.6) is 0 Å². The predicted molar refractivity (Wildman–Crippen MR) is 69.5 cm³/mol. The number of nitrogen functional groups attached to an aromatic ring is 1. The number of rotatable bonds is 2. The van der Waals surface area contributed by atoms with Gasteiger partial charge in [0.15, 0.2) is 5.69 Å². The van der Waals surface area contributed by atoms with Gasteiger partial charge in [-0.15, -0.1) is 0 Å². The topological polar surface area (TPSA) is 81.1 Å². The molecule has 0 radical (unpaired) electrons. The Balaban J connectivity index is 2.74. The highest BCUT2D eigenvalue weighted by molar-refractivity contribution is 5.98. The van der Waals surface area contributed by atoms with E-state index in [4.69, 9.17) is 5.73 Å². The van der Waals surface area contributed by atoms with E-state index in [1.165, 1.54) is 4.68 Å². The zero-order valence-electron chi connectivity index (χ0n) is 10.6. The number of benzene rings is 1. The lowest BCUT2D eigenvalue weighted by Gasteiger charge is -2.07. The van der Waals surface area contributed by atoms with Gasteiger partial charge in [0.25, 0.3) is 0 Å². The third-order valence-corrected chi connectivity index (χ3v) is 2.95. The highest BCUT2D eigenvalue weighted by Crippen LogP contribution is 2.32. The van der Waals surface area contributed by atoms with Crippen molar-refractivity contribution in [3.8, 4) is 11.1 Å². The van der Waals surface area contributed by atoms with Crippen LogP contribution in [0.2, 0.25) is 0 Å². The van der Waals surface area contributed by atoms with Crippen molar-refractivity contribution in [1.29, 1.82) is 0 Å². The smallest absolute Gasteiger partial charge is 0.357 e. The second kappa shape index (κ2) is 4.18. The number of aromatic nitrogens is 2. The van der Waals surface area contributed by atoms with Crippen molar-refractivity contribution in [3.63, 3.8) is 0 Å². The maximum absolute atomic E-state index is 11.2. The van der Waals surface area contributed by atoms with Gasteiger partial charge < -0.3 is 10.8 Å². The van der Waals surface area contributed by atoms with Gasteiger partial charge in [0, 0.05) is 7.05 Å². The van der Waals surface area contributed by atoms with Gasteiger partial charge in [0.05, 0.1) is 5.56 Å². The molecule has 0 saturated carbocycles. The molecule has 0 aliphatic heterocycles. The Bertz CT molecular complexity index is 629. The number of nitrogens with two attached hydrogens (primary N) is 1. The zero-order chi connectivity index (χ0) is 13.4. The molecule has 3 N–H and O–H groups in total. The average molecular weight is 245 g/mol. The first-order valence-electron chi connectivity index (χ1n) is 5.55. The normalized spacial score (nSPS) is 10.6. The van der Waals surface area contributed by atoms with Gasteiger partial charge in [0.2, 0.25) is 0 Å². The van der Waals surface area contributed by atoms with Gasteiger partial charge in [0.1, 0.15) is 5.82 Å². The van der Waals surface area contributed by atoms with Crippen LogP contribution in [0.3, 0.4) is 0 Å². The fourth-order valence-corrected chi connectivity index (χ4v) is 2.05. The van der Waals surface area contributed by atoms with Gasteiger partial charge in [-0.2, -0.15) is 5.10 Å². The van der Waals surface area contributed by atoms with Crippen molar-refractivity contribution >= 4 is 11.8 Å². The van der Waals surface area contributed by atoms with E-state index in [0.29, 0.717) is 11.4 Å². The van der Waals surface area contributed by atoms with E-state index in [1.54, 1.807) is 7.05 Å². The molecule has 0 atom stereocenters. The fourth-order valence-electron chi connectivity index (χ4n) is 2.05. The minimum atomic E-state index is -1.07.